The fourth-order valence-electron chi connectivity index (χ4n) is 9.19. The summed E-state index contributed by atoms with van der Waals surface area (Å²) in [5.41, 5.74) is 0.531. The first-order valence-corrected chi connectivity index (χ1v) is 14.8. The Morgan fingerprint density at radius 1 is 1.08 bits per heavy atom. The van der Waals surface area contributed by atoms with Crippen molar-refractivity contribution in [3.8, 4) is 0 Å². The summed E-state index contributed by atoms with van der Waals surface area (Å²) in [5.74, 6) is 3.95. The minimum Gasteiger partial charge on any atom is -0.368 e. The topological polar surface area (TPSA) is 89.7 Å². The highest BCUT2D eigenvalue weighted by Gasteiger charge is 2.61. The van der Waals surface area contributed by atoms with Crippen molar-refractivity contribution in [2.24, 2.45) is 46.3 Å². The highest BCUT2D eigenvalue weighted by Crippen LogP contribution is 2.68. The van der Waals surface area contributed by atoms with Crippen LogP contribution in [-0.4, -0.2) is 35.0 Å². The molecule has 4 saturated carbocycles. The molecule has 0 saturated heterocycles. The maximum absolute atomic E-state index is 13.5. The number of ether oxygens (including phenoxy) is 1. The van der Waals surface area contributed by atoms with E-state index in [4.69, 9.17) is 4.74 Å². The average molecular weight is 516 g/mol. The normalized spacial score (nSPS) is 40.6. The number of benzene rings is 1. The predicted molar refractivity (Wildman–Crippen MR) is 141 cm³/mol. The molecule has 7 heteroatoms. The van der Waals surface area contributed by atoms with E-state index in [1.165, 1.54) is 56.0 Å². The molecule has 0 aromatic heterocycles. The van der Waals surface area contributed by atoms with Crippen LogP contribution in [0.2, 0.25) is 0 Å². The Morgan fingerprint density at radius 2 is 1.78 bits per heavy atom. The molecule has 0 radical (unpaired) electrons. The van der Waals surface area contributed by atoms with Crippen molar-refractivity contribution in [2.45, 2.75) is 82.8 Å². The number of rotatable bonds is 7. The first kappa shape index (κ1) is 26.2. The lowest BCUT2D eigenvalue weighted by Crippen LogP contribution is -2.54. The van der Waals surface area contributed by atoms with E-state index in [1.807, 2.05) is 0 Å². The van der Waals surface area contributed by atoms with Gasteiger partial charge in [-0.1, -0.05) is 13.8 Å². The van der Waals surface area contributed by atoms with E-state index < -0.39 is 11.2 Å². The van der Waals surface area contributed by atoms with Crippen LogP contribution in [0, 0.1) is 56.5 Å². The lowest BCUT2D eigenvalue weighted by molar-refractivity contribution is -0.384. The van der Waals surface area contributed by atoms with E-state index >= 15 is 0 Å². The van der Waals surface area contributed by atoms with Crippen molar-refractivity contribution in [1.82, 2.24) is 0 Å². The van der Waals surface area contributed by atoms with Crippen molar-refractivity contribution < 1.29 is 19.6 Å². The van der Waals surface area contributed by atoms with Gasteiger partial charge in [-0.2, -0.15) is 0 Å². The molecule has 0 spiro atoms. The number of nitro benzene ring substituents is 1. The van der Waals surface area contributed by atoms with Crippen LogP contribution in [-0.2, 0) is 9.53 Å². The number of Topliss-reactive ketones (excluding diaryl/α,β-unsaturated/α-hetero) is 1. The minimum absolute atomic E-state index is 0.0837. The van der Waals surface area contributed by atoms with Crippen LogP contribution in [0.3, 0.4) is 0 Å². The number of thioether (sulfide) groups is 1. The number of carbonyl (C=O) groups is 1. The molecule has 198 valence electrons. The summed E-state index contributed by atoms with van der Waals surface area (Å²) < 4.78 is 5.27. The van der Waals surface area contributed by atoms with Gasteiger partial charge in [-0.25, -0.2) is 0 Å². The van der Waals surface area contributed by atoms with Crippen LogP contribution in [0.25, 0.3) is 0 Å². The standard InChI is InChI=1S/C29H41NO5S/c1-28-14-12-18(27(32)35-3)16-19(28)4-9-22-23-10-11-25(29(23,2)15-13-24(22)28)26(31)17-36-21-7-5-20(6-8-21)30(33)34/h5-8,18-19,22-25,27,32H,4,9-17H2,1-3H3/t18-,19-,22-,23-,24-,25+,27?,28-,29-/m0/s1. The molecule has 0 bridgehead atoms. The number of nitro groups is 1. The van der Waals surface area contributed by atoms with Crippen molar-refractivity contribution in [3.63, 3.8) is 0 Å². The number of aliphatic hydroxyl groups excluding tert-OH is 1. The molecule has 36 heavy (non-hydrogen) atoms. The van der Waals surface area contributed by atoms with Crippen molar-refractivity contribution >= 4 is 23.2 Å². The summed E-state index contributed by atoms with van der Waals surface area (Å²) in [6.07, 6.45) is 9.73. The number of methoxy groups -OCH3 is 1. The molecule has 4 fully saturated rings. The van der Waals surface area contributed by atoms with Gasteiger partial charge in [0, 0.05) is 36.0 Å². The van der Waals surface area contributed by atoms with E-state index in [0.29, 0.717) is 34.7 Å². The molecule has 5 rings (SSSR count). The van der Waals surface area contributed by atoms with Crippen LogP contribution in [0.15, 0.2) is 29.2 Å². The smallest absolute Gasteiger partial charge is 0.269 e. The third kappa shape index (κ3) is 4.43. The molecular formula is C29H41NO5S. The van der Waals surface area contributed by atoms with E-state index in [0.717, 1.165) is 36.5 Å². The summed E-state index contributed by atoms with van der Waals surface area (Å²) in [6, 6.07) is 6.53. The van der Waals surface area contributed by atoms with Gasteiger partial charge in [0.2, 0.25) is 0 Å². The van der Waals surface area contributed by atoms with Gasteiger partial charge in [-0.05, 0) is 104 Å². The van der Waals surface area contributed by atoms with Crippen LogP contribution in [0.4, 0.5) is 5.69 Å². The molecule has 1 aromatic carbocycles. The first-order valence-electron chi connectivity index (χ1n) is 13.8. The largest absolute Gasteiger partial charge is 0.368 e. The maximum Gasteiger partial charge on any atom is 0.269 e. The van der Waals surface area contributed by atoms with Gasteiger partial charge in [-0.15, -0.1) is 11.8 Å². The summed E-state index contributed by atoms with van der Waals surface area (Å²) in [6.45, 7) is 4.94. The Balaban J connectivity index is 1.24. The number of carbonyl (C=O) groups excluding carboxylic acids is 1. The van der Waals surface area contributed by atoms with Gasteiger partial charge in [0.25, 0.3) is 5.69 Å². The molecule has 6 nitrogen and oxygen atoms in total. The van der Waals surface area contributed by atoms with Crippen molar-refractivity contribution in [3.05, 3.63) is 34.4 Å². The molecular weight excluding hydrogens is 474 g/mol. The van der Waals surface area contributed by atoms with Gasteiger partial charge in [0.15, 0.2) is 6.29 Å². The maximum atomic E-state index is 13.5. The second kappa shape index (κ2) is 10.0. The van der Waals surface area contributed by atoms with Gasteiger partial charge >= 0.3 is 0 Å². The van der Waals surface area contributed by atoms with Crippen LogP contribution in [0.5, 0.6) is 0 Å². The average Bonchev–Trinajstić information content (AvgIpc) is 3.23. The molecule has 4 aliphatic carbocycles. The molecule has 1 aromatic rings. The number of hydrogen-bond acceptors (Lipinski definition) is 6. The number of aliphatic hydroxyl groups is 1. The molecule has 1 unspecified atom stereocenters. The Bertz CT molecular complexity index is 984. The quantitative estimate of drug-likeness (QED) is 0.193. The Hall–Kier alpha value is -1.44. The molecule has 1 N–H and O–H groups in total. The molecule has 0 aliphatic heterocycles. The lowest BCUT2D eigenvalue weighted by Gasteiger charge is -2.61. The minimum atomic E-state index is -0.632. The number of nitrogens with zero attached hydrogens (tertiary/aromatic N) is 1. The highest BCUT2D eigenvalue weighted by molar-refractivity contribution is 8.00. The lowest BCUT2D eigenvalue weighted by atomic mass is 9.44. The third-order valence-electron chi connectivity index (χ3n) is 11.2. The zero-order valence-corrected chi connectivity index (χ0v) is 22.7. The summed E-state index contributed by atoms with van der Waals surface area (Å²) in [5, 5.41) is 21.2. The van der Waals surface area contributed by atoms with Gasteiger partial charge in [0.1, 0.15) is 5.78 Å². The van der Waals surface area contributed by atoms with Crippen LogP contribution < -0.4 is 0 Å². The highest BCUT2D eigenvalue weighted by atomic mass is 32.2. The second-order valence-corrected chi connectivity index (χ2v) is 13.5. The number of ketones is 1. The molecule has 4 aliphatic rings. The summed E-state index contributed by atoms with van der Waals surface area (Å²) >= 11 is 1.51. The molecule has 0 amide bonds. The second-order valence-electron chi connectivity index (χ2n) is 12.5. The fraction of sp³-hybridized carbons (Fsp3) is 0.759. The zero-order valence-electron chi connectivity index (χ0n) is 21.9. The predicted octanol–water partition coefficient (Wildman–Crippen LogP) is 6.50. The monoisotopic (exact) mass is 515 g/mol. The SMILES string of the molecule is COC(O)[C@H]1CC[C@@]2(C)[C@@H](CC[C@@H]3[C@@H]2CC[C@]2(C)[C@@H](C(=O)CSc4ccc([N+](=O)[O-])cc4)CC[C@@H]32)C1. The Morgan fingerprint density at radius 3 is 2.47 bits per heavy atom. The number of fused-ring (bicyclic) bond motifs is 5. The zero-order chi connectivity index (χ0) is 25.7. The van der Waals surface area contributed by atoms with Gasteiger partial charge in [0.05, 0.1) is 10.7 Å². The molecule has 9 atom stereocenters. The van der Waals surface area contributed by atoms with Gasteiger partial charge < -0.3 is 9.84 Å². The first-order chi connectivity index (χ1) is 17.2. The van der Waals surface area contributed by atoms with E-state index in [9.17, 15) is 20.0 Å². The Labute approximate surface area is 219 Å². The van der Waals surface area contributed by atoms with Crippen molar-refractivity contribution in [2.75, 3.05) is 12.9 Å². The third-order valence-corrected chi connectivity index (χ3v) is 12.2. The Kier molecular flexibility index (Phi) is 7.29. The van der Waals surface area contributed by atoms with E-state index in [1.54, 1.807) is 19.2 Å². The number of non-ortho nitro benzene ring substituents is 1. The van der Waals surface area contributed by atoms with Crippen LogP contribution >= 0.6 is 11.8 Å². The van der Waals surface area contributed by atoms with Crippen LogP contribution in [0.1, 0.15) is 71.6 Å². The summed E-state index contributed by atoms with van der Waals surface area (Å²) in [7, 11) is 1.61. The van der Waals surface area contributed by atoms with Crippen molar-refractivity contribution in [1.29, 1.82) is 0 Å². The summed E-state index contributed by atoms with van der Waals surface area (Å²) in [4.78, 5) is 24.9. The number of hydrogen-bond donors (Lipinski definition) is 1. The molecule has 0 heterocycles. The van der Waals surface area contributed by atoms with E-state index in [2.05, 4.69) is 13.8 Å². The fourth-order valence-corrected chi connectivity index (χ4v) is 10.0. The van der Waals surface area contributed by atoms with E-state index in [-0.39, 0.29) is 22.9 Å². The van der Waals surface area contributed by atoms with Gasteiger partial charge in [-0.3, -0.25) is 14.9 Å².